The Hall–Kier alpha value is -1.19. The van der Waals surface area contributed by atoms with Crippen molar-refractivity contribution in [1.29, 1.82) is 0 Å². The predicted molar refractivity (Wildman–Crippen MR) is 65.5 cm³/mol. The lowest BCUT2D eigenvalue weighted by Crippen LogP contribution is -2.34. The maximum Gasteiger partial charge on any atom is 0.142 e. The highest BCUT2D eigenvalue weighted by atomic mass is 16.1. The van der Waals surface area contributed by atoms with Gasteiger partial charge in [0, 0.05) is 19.2 Å². The van der Waals surface area contributed by atoms with Crippen LogP contribution in [0, 0.1) is 11.3 Å². The second kappa shape index (κ2) is 4.59. The van der Waals surface area contributed by atoms with Crippen LogP contribution < -0.4 is 0 Å². The molecule has 1 unspecified atom stereocenters. The number of ketones is 1. The second-order valence-corrected chi connectivity index (χ2v) is 5.81. The van der Waals surface area contributed by atoms with Crippen molar-refractivity contribution in [2.45, 2.75) is 46.0 Å². The van der Waals surface area contributed by atoms with E-state index in [1.165, 1.54) is 12.8 Å². The summed E-state index contributed by atoms with van der Waals surface area (Å²) in [6, 6.07) is 0. The number of carbonyl (C=O) groups is 1. The van der Waals surface area contributed by atoms with Gasteiger partial charge in [-0.25, -0.2) is 0 Å². The topological polar surface area (TPSA) is 47.8 Å². The molecule has 94 valence electrons. The fourth-order valence-electron chi connectivity index (χ4n) is 2.87. The first-order chi connectivity index (χ1) is 7.99. The van der Waals surface area contributed by atoms with Crippen molar-refractivity contribution in [2.24, 2.45) is 18.4 Å². The molecular weight excluding hydrogens is 214 g/mol. The van der Waals surface area contributed by atoms with E-state index >= 15 is 0 Å². The van der Waals surface area contributed by atoms with Crippen LogP contribution in [0.3, 0.4) is 0 Å². The number of rotatable bonds is 3. The van der Waals surface area contributed by atoms with Gasteiger partial charge in [0.25, 0.3) is 0 Å². The maximum absolute atomic E-state index is 12.3. The van der Waals surface area contributed by atoms with Gasteiger partial charge in [0.2, 0.25) is 0 Å². The molecular formula is C13H21N3O. The Morgan fingerprint density at radius 3 is 2.88 bits per heavy atom. The third kappa shape index (κ3) is 2.73. The third-order valence-corrected chi connectivity index (χ3v) is 3.90. The largest absolute Gasteiger partial charge is 0.299 e. The average Bonchev–Trinajstić information content (AvgIpc) is 2.63. The minimum Gasteiger partial charge on any atom is -0.299 e. The van der Waals surface area contributed by atoms with Crippen molar-refractivity contribution in [3.63, 3.8) is 0 Å². The molecule has 4 nitrogen and oxygen atoms in total. The summed E-state index contributed by atoms with van der Waals surface area (Å²) < 4.78 is 1.65. The molecule has 1 aliphatic carbocycles. The summed E-state index contributed by atoms with van der Waals surface area (Å²) in [6.45, 7) is 4.43. The van der Waals surface area contributed by atoms with Crippen molar-refractivity contribution in [3.8, 4) is 0 Å². The summed E-state index contributed by atoms with van der Waals surface area (Å²) in [4.78, 5) is 12.3. The van der Waals surface area contributed by atoms with E-state index < -0.39 is 0 Å². The van der Waals surface area contributed by atoms with Gasteiger partial charge < -0.3 is 0 Å². The van der Waals surface area contributed by atoms with E-state index in [-0.39, 0.29) is 11.3 Å². The quantitative estimate of drug-likeness (QED) is 0.806. The molecule has 0 aromatic carbocycles. The van der Waals surface area contributed by atoms with Gasteiger partial charge in [-0.2, -0.15) is 0 Å². The molecule has 1 atom stereocenters. The molecule has 2 rings (SSSR count). The molecule has 1 aromatic rings. The van der Waals surface area contributed by atoms with Crippen molar-refractivity contribution >= 4 is 5.78 Å². The van der Waals surface area contributed by atoms with E-state index in [0.717, 1.165) is 18.5 Å². The van der Waals surface area contributed by atoms with Crippen LogP contribution in [0.2, 0.25) is 0 Å². The molecule has 0 saturated heterocycles. The lowest BCUT2D eigenvalue weighted by Gasteiger charge is -2.37. The Kier molecular flexibility index (Phi) is 3.31. The van der Waals surface area contributed by atoms with Gasteiger partial charge in [-0.05, 0) is 18.3 Å². The lowest BCUT2D eigenvalue weighted by atomic mass is 9.66. The minimum atomic E-state index is 0.150. The van der Waals surface area contributed by atoms with Crippen LogP contribution in [0.25, 0.3) is 0 Å². The molecule has 0 radical (unpaired) electrons. The summed E-state index contributed by atoms with van der Waals surface area (Å²) in [5.41, 5.74) is 0.941. The molecule has 4 heteroatoms. The van der Waals surface area contributed by atoms with Crippen LogP contribution in [-0.4, -0.2) is 20.8 Å². The highest BCUT2D eigenvalue weighted by Crippen LogP contribution is 2.41. The van der Waals surface area contributed by atoms with E-state index in [1.54, 1.807) is 4.68 Å². The Bertz CT molecular complexity index is 409. The summed E-state index contributed by atoms with van der Waals surface area (Å²) in [6.07, 6.45) is 6.88. The zero-order valence-corrected chi connectivity index (χ0v) is 10.9. The first-order valence-corrected chi connectivity index (χ1v) is 6.37. The highest BCUT2D eigenvalue weighted by molar-refractivity contribution is 5.83. The van der Waals surface area contributed by atoms with E-state index in [4.69, 9.17) is 0 Å². The van der Waals surface area contributed by atoms with E-state index in [9.17, 15) is 4.79 Å². The molecule has 1 aromatic heterocycles. The molecule has 0 bridgehead atoms. The van der Waals surface area contributed by atoms with Gasteiger partial charge in [0.15, 0.2) is 0 Å². The van der Waals surface area contributed by atoms with Gasteiger partial charge in [-0.1, -0.05) is 31.9 Å². The fraction of sp³-hybridized carbons (Fsp3) is 0.769. The molecule has 1 saturated carbocycles. The SMILES string of the molecule is Cn1cc(CC(=O)C2CCCCC2(C)C)nn1. The van der Waals surface area contributed by atoms with Crippen molar-refractivity contribution in [3.05, 3.63) is 11.9 Å². The van der Waals surface area contributed by atoms with E-state index in [1.807, 2.05) is 13.2 Å². The number of aromatic nitrogens is 3. The molecule has 17 heavy (non-hydrogen) atoms. The lowest BCUT2D eigenvalue weighted by molar-refractivity contribution is -0.127. The summed E-state index contributed by atoms with van der Waals surface area (Å²) in [7, 11) is 1.82. The smallest absolute Gasteiger partial charge is 0.142 e. The van der Waals surface area contributed by atoms with Gasteiger partial charge in [0.05, 0.1) is 12.1 Å². The molecule has 0 N–H and O–H groups in total. The molecule has 0 amide bonds. The highest BCUT2D eigenvalue weighted by Gasteiger charge is 2.36. The molecule has 0 spiro atoms. The zero-order valence-electron chi connectivity index (χ0n) is 10.9. The number of nitrogens with zero attached hydrogens (tertiary/aromatic N) is 3. The minimum absolute atomic E-state index is 0.150. The molecule has 1 aliphatic rings. The van der Waals surface area contributed by atoms with Crippen LogP contribution in [-0.2, 0) is 18.3 Å². The molecule has 1 fully saturated rings. The fourth-order valence-corrected chi connectivity index (χ4v) is 2.87. The van der Waals surface area contributed by atoms with Gasteiger partial charge in [-0.15, -0.1) is 5.10 Å². The summed E-state index contributed by atoms with van der Waals surface area (Å²) in [5, 5.41) is 7.86. The van der Waals surface area contributed by atoms with Crippen molar-refractivity contribution < 1.29 is 4.79 Å². The molecule has 0 aliphatic heterocycles. The standard InChI is InChI=1S/C13H21N3O/c1-13(2)7-5-4-6-11(13)12(17)8-10-9-16(3)15-14-10/h9,11H,4-8H2,1-3H3. The van der Waals surface area contributed by atoms with Crippen molar-refractivity contribution in [2.75, 3.05) is 0 Å². The normalized spacial score (nSPS) is 23.6. The van der Waals surface area contributed by atoms with Crippen LogP contribution in [0.5, 0.6) is 0 Å². The van der Waals surface area contributed by atoms with Gasteiger partial charge in [-0.3, -0.25) is 9.48 Å². The van der Waals surface area contributed by atoms with Crippen LogP contribution in [0.1, 0.15) is 45.2 Å². The molecule has 1 heterocycles. The second-order valence-electron chi connectivity index (χ2n) is 5.81. The van der Waals surface area contributed by atoms with Crippen LogP contribution in [0.15, 0.2) is 6.20 Å². The monoisotopic (exact) mass is 235 g/mol. The number of hydrogen-bond acceptors (Lipinski definition) is 3. The third-order valence-electron chi connectivity index (χ3n) is 3.90. The van der Waals surface area contributed by atoms with Crippen LogP contribution >= 0.6 is 0 Å². The average molecular weight is 235 g/mol. The maximum atomic E-state index is 12.3. The number of aryl methyl sites for hydroxylation is 1. The Labute approximate surface area is 102 Å². The van der Waals surface area contributed by atoms with Gasteiger partial charge in [0.1, 0.15) is 5.78 Å². The number of Topliss-reactive ketones (excluding diaryl/α,β-unsaturated/α-hetero) is 1. The first-order valence-electron chi connectivity index (χ1n) is 6.37. The first kappa shape index (κ1) is 12.3. The number of hydrogen-bond donors (Lipinski definition) is 0. The Balaban J connectivity index is 2.04. The van der Waals surface area contributed by atoms with E-state index in [2.05, 4.69) is 24.2 Å². The van der Waals surface area contributed by atoms with Crippen LogP contribution in [0.4, 0.5) is 0 Å². The predicted octanol–water partition coefficient (Wildman–Crippen LogP) is 2.14. The zero-order chi connectivity index (χ0) is 12.5. The summed E-state index contributed by atoms with van der Waals surface area (Å²) >= 11 is 0. The van der Waals surface area contributed by atoms with E-state index in [0.29, 0.717) is 12.2 Å². The van der Waals surface area contributed by atoms with Crippen molar-refractivity contribution in [1.82, 2.24) is 15.0 Å². The summed E-state index contributed by atoms with van der Waals surface area (Å²) in [5.74, 6) is 0.522. The Morgan fingerprint density at radius 2 is 2.29 bits per heavy atom. The Morgan fingerprint density at radius 1 is 1.53 bits per heavy atom. The van der Waals surface area contributed by atoms with Gasteiger partial charge >= 0.3 is 0 Å². The number of carbonyl (C=O) groups excluding carboxylic acids is 1.